The number of thiazole rings is 1. The van der Waals surface area contributed by atoms with Crippen LogP contribution in [0.15, 0.2) is 48.7 Å². The van der Waals surface area contributed by atoms with Crippen LogP contribution in [-0.2, 0) is 11.2 Å². The average molecular weight is 422 g/mol. The van der Waals surface area contributed by atoms with Crippen molar-refractivity contribution < 1.29 is 9.53 Å². The number of hydrogen-bond donors (Lipinski definition) is 2. The van der Waals surface area contributed by atoms with Crippen LogP contribution in [-0.4, -0.2) is 24.5 Å². The first-order valence-corrected chi connectivity index (χ1v) is 9.68. The summed E-state index contributed by atoms with van der Waals surface area (Å²) in [5.41, 5.74) is 1.76. The van der Waals surface area contributed by atoms with E-state index in [4.69, 9.17) is 27.9 Å². The number of carbonyl (C=O) groups is 1. The van der Waals surface area contributed by atoms with Gasteiger partial charge >= 0.3 is 0 Å². The van der Waals surface area contributed by atoms with Crippen molar-refractivity contribution in [3.05, 3.63) is 69.1 Å². The second-order valence-electron chi connectivity index (χ2n) is 5.65. The number of benzene rings is 2. The summed E-state index contributed by atoms with van der Waals surface area (Å²) in [7, 11) is 1.61. The summed E-state index contributed by atoms with van der Waals surface area (Å²) in [4.78, 5) is 17.3. The van der Waals surface area contributed by atoms with Gasteiger partial charge in [-0.1, -0.05) is 35.3 Å². The van der Waals surface area contributed by atoms with E-state index >= 15 is 0 Å². The Bertz CT molecular complexity index is 929. The van der Waals surface area contributed by atoms with Crippen molar-refractivity contribution in [3.63, 3.8) is 0 Å². The molecule has 0 aliphatic rings. The third-order valence-corrected chi connectivity index (χ3v) is 5.51. The van der Waals surface area contributed by atoms with Gasteiger partial charge in [-0.15, -0.1) is 11.3 Å². The van der Waals surface area contributed by atoms with Gasteiger partial charge in [0, 0.05) is 23.2 Å². The van der Waals surface area contributed by atoms with Gasteiger partial charge in [0.1, 0.15) is 5.75 Å². The second-order valence-corrected chi connectivity index (χ2v) is 7.55. The number of carbonyl (C=O) groups excluding carboxylic acids is 1. The summed E-state index contributed by atoms with van der Waals surface area (Å²) in [6.45, 7) is 0.140. The van der Waals surface area contributed by atoms with Crippen molar-refractivity contribution in [1.29, 1.82) is 0 Å². The Morgan fingerprint density at radius 2 is 1.96 bits per heavy atom. The number of hydrogen-bond acceptors (Lipinski definition) is 5. The maximum Gasteiger partial charge on any atom is 0.245 e. The zero-order valence-electron chi connectivity index (χ0n) is 14.5. The lowest BCUT2D eigenvalue weighted by molar-refractivity contribution is -0.114. The van der Waals surface area contributed by atoms with E-state index < -0.39 is 0 Å². The lowest BCUT2D eigenvalue weighted by atomic mass is 10.1. The lowest BCUT2D eigenvalue weighted by Crippen LogP contribution is -2.21. The second kappa shape index (κ2) is 9.08. The third-order valence-electron chi connectivity index (χ3n) is 3.74. The van der Waals surface area contributed by atoms with E-state index in [1.165, 1.54) is 11.3 Å². The number of nitrogens with one attached hydrogen (secondary N) is 2. The lowest BCUT2D eigenvalue weighted by Gasteiger charge is -2.07. The number of nitrogens with zero attached hydrogens (tertiary/aromatic N) is 1. The Balaban J connectivity index is 1.53. The molecule has 0 saturated carbocycles. The van der Waals surface area contributed by atoms with Crippen LogP contribution >= 0.6 is 34.5 Å². The van der Waals surface area contributed by atoms with Gasteiger partial charge in [0.15, 0.2) is 5.13 Å². The van der Waals surface area contributed by atoms with Crippen molar-refractivity contribution in [1.82, 2.24) is 4.98 Å². The van der Waals surface area contributed by atoms with Gasteiger partial charge in [-0.3, -0.25) is 4.79 Å². The largest absolute Gasteiger partial charge is 0.497 e. The van der Waals surface area contributed by atoms with Crippen LogP contribution < -0.4 is 15.4 Å². The molecule has 3 rings (SSSR count). The first-order chi connectivity index (χ1) is 13.0. The van der Waals surface area contributed by atoms with Gasteiger partial charge in [0.2, 0.25) is 5.91 Å². The molecule has 0 bridgehead atoms. The van der Waals surface area contributed by atoms with Crippen LogP contribution in [0, 0.1) is 0 Å². The van der Waals surface area contributed by atoms with Crippen molar-refractivity contribution >= 4 is 51.3 Å². The van der Waals surface area contributed by atoms with Crippen LogP contribution in [0.4, 0.5) is 10.8 Å². The summed E-state index contributed by atoms with van der Waals surface area (Å²) in [6.07, 6.45) is 2.34. The standard InChI is InChI=1S/C19H17Cl2N3O2S/c1-26-14-7-5-13(6-8-14)22-11-17(25)24-19-23-10-15(27-19)9-12-3-2-4-16(20)18(12)21/h2-8,10,22H,9,11H2,1H3,(H,23,24,25). The number of ether oxygens (including phenoxy) is 1. The van der Waals surface area contributed by atoms with Crippen LogP contribution in [0.2, 0.25) is 10.0 Å². The molecule has 5 nitrogen and oxygen atoms in total. The van der Waals surface area contributed by atoms with Gasteiger partial charge < -0.3 is 15.4 Å². The molecule has 0 atom stereocenters. The number of anilines is 2. The molecule has 140 valence electrons. The summed E-state index contributed by atoms with van der Waals surface area (Å²) in [5.74, 6) is 0.590. The van der Waals surface area contributed by atoms with Gasteiger partial charge in [-0.2, -0.15) is 0 Å². The molecule has 27 heavy (non-hydrogen) atoms. The Hall–Kier alpha value is -2.28. The maximum atomic E-state index is 12.1. The Morgan fingerprint density at radius 3 is 2.70 bits per heavy atom. The number of rotatable bonds is 7. The molecule has 0 fully saturated rings. The summed E-state index contributed by atoms with van der Waals surface area (Å²) in [5, 5.41) is 7.46. The SMILES string of the molecule is COc1ccc(NCC(=O)Nc2ncc(Cc3cccc(Cl)c3Cl)s2)cc1. The van der Waals surface area contributed by atoms with Gasteiger partial charge in [-0.05, 0) is 35.9 Å². The third kappa shape index (κ3) is 5.35. The minimum atomic E-state index is -0.174. The Morgan fingerprint density at radius 1 is 1.19 bits per heavy atom. The fourth-order valence-corrected chi connectivity index (χ4v) is 3.61. The highest BCUT2D eigenvalue weighted by Crippen LogP contribution is 2.29. The molecule has 0 spiro atoms. The highest BCUT2D eigenvalue weighted by atomic mass is 35.5. The van der Waals surface area contributed by atoms with Crippen LogP contribution in [0.5, 0.6) is 5.75 Å². The topological polar surface area (TPSA) is 63.2 Å². The zero-order chi connectivity index (χ0) is 19.2. The molecule has 2 aromatic carbocycles. The predicted molar refractivity (Wildman–Crippen MR) is 111 cm³/mol. The van der Waals surface area contributed by atoms with E-state index in [9.17, 15) is 4.79 Å². The first kappa shape index (κ1) is 19.5. The number of halogens is 2. The predicted octanol–water partition coefficient (Wildman–Crippen LogP) is 5.10. The number of amides is 1. The zero-order valence-corrected chi connectivity index (χ0v) is 16.8. The van der Waals surface area contributed by atoms with Gasteiger partial charge in [-0.25, -0.2) is 4.98 Å². The number of methoxy groups -OCH3 is 1. The summed E-state index contributed by atoms with van der Waals surface area (Å²) < 4.78 is 5.10. The van der Waals surface area contributed by atoms with E-state index in [1.54, 1.807) is 19.4 Å². The van der Waals surface area contributed by atoms with Crippen LogP contribution in [0.3, 0.4) is 0 Å². The Kier molecular flexibility index (Phi) is 6.55. The minimum absolute atomic E-state index is 0.140. The van der Waals surface area contributed by atoms with E-state index in [1.807, 2.05) is 36.4 Å². The minimum Gasteiger partial charge on any atom is -0.497 e. The number of aromatic nitrogens is 1. The van der Waals surface area contributed by atoms with Crippen LogP contribution in [0.25, 0.3) is 0 Å². The highest BCUT2D eigenvalue weighted by Gasteiger charge is 2.10. The molecule has 0 saturated heterocycles. The quantitative estimate of drug-likeness (QED) is 0.556. The normalized spacial score (nSPS) is 10.5. The Labute approximate surface area is 171 Å². The van der Waals surface area contributed by atoms with E-state index in [-0.39, 0.29) is 12.5 Å². The summed E-state index contributed by atoms with van der Waals surface area (Å²) in [6, 6.07) is 12.9. The average Bonchev–Trinajstić information content (AvgIpc) is 3.11. The smallest absolute Gasteiger partial charge is 0.245 e. The maximum absolute atomic E-state index is 12.1. The molecule has 1 amide bonds. The van der Waals surface area contributed by atoms with E-state index in [0.29, 0.717) is 21.6 Å². The molecule has 0 unspecified atom stereocenters. The van der Waals surface area contributed by atoms with Gasteiger partial charge in [0.05, 0.1) is 23.7 Å². The molecular formula is C19H17Cl2N3O2S. The van der Waals surface area contributed by atoms with E-state index in [2.05, 4.69) is 15.6 Å². The molecule has 1 aromatic heterocycles. The van der Waals surface area contributed by atoms with Crippen molar-refractivity contribution in [2.45, 2.75) is 6.42 Å². The monoisotopic (exact) mass is 421 g/mol. The highest BCUT2D eigenvalue weighted by molar-refractivity contribution is 7.15. The molecule has 2 N–H and O–H groups in total. The molecular weight excluding hydrogens is 405 g/mol. The molecule has 0 radical (unpaired) electrons. The van der Waals surface area contributed by atoms with Gasteiger partial charge in [0.25, 0.3) is 0 Å². The van der Waals surface area contributed by atoms with Crippen LogP contribution in [0.1, 0.15) is 10.4 Å². The first-order valence-electron chi connectivity index (χ1n) is 8.10. The van der Waals surface area contributed by atoms with Crippen molar-refractivity contribution in [2.75, 3.05) is 24.3 Å². The molecule has 0 aliphatic heterocycles. The van der Waals surface area contributed by atoms with Crippen molar-refractivity contribution in [3.8, 4) is 5.75 Å². The molecule has 3 aromatic rings. The van der Waals surface area contributed by atoms with Crippen molar-refractivity contribution in [2.24, 2.45) is 0 Å². The van der Waals surface area contributed by atoms with E-state index in [0.717, 1.165) is 21.9 Å². The molecule has 1 heterocycles. The summed E-state index contributed by atoms with van der Waals surface area (Å²) >= 11 is 13.7. The fraction of sp³-hybridized carbons (Fsp3) is 0.158. The molecule has 8 heteroatoms. The fourth-order valence-electron chi connectivity index (χ4n) is 2.37. The molecule has 0 aliphatic carbocycles.